The summed E-state index contributed by atoms with van der Waals surface area (Å²) in [5.41, 5.74) is 4.27. The third kappa shape index (κ3) is 2.74. The van der Waals surface area contributed by atoms with Crippen LogP contribution in [0.1, 0.15) is 6.42 Å². The average molecular weight is 261 g/mol. The Balaban J connectivity index is 1.59. The molecule has 0 radical (unpaired) electrons. The fourth-order valence-electron chi connectivity index (χ4n) is 2.08. The van der Waals surface area contributed by atoms with E-state index < -0.39 is 0 Å². The zero-order chi connectivity index (χ0) is 13.1. The van der Waals surface area contributed by atoms with E-state index in [2.05, 4.69) is 10.5 Å². The molecule has 100 valence electrons. The molecule has 6 nitrogen and oxygen atoms in total. The van der Waals surface area contributed by atoms with E-state index >= 15 is 0 Å². The van der Waals surface area contributed by atoms with E-state index in [1.54, 1.807) is 10.9 Å². The van der Waals surface area contributed by atoms with E-state index in [1.165, 1.54) is 0 Å². The van der Waals surface area contributed by atoms with Crippen LogP contribution in [0.4, 0.5) is 0 Å². The van der Waals surface area contributed by atoms with Gasteiger partial charge in [0.1, 0.15) is 12.6 Å². The number of benzene rings is 1. The van der Waals surface area contributed by atoms with Crippen LogP contribution in [0.3, 0.4) is 0 Å². The predicted octanol–water partition coefficient (Wildman–Crippen LogP) is 0.873. The fraction of sp³-hybridized carbons (Fsp3) is 0.385. The molecule has 1 fully saturated rings. The summed E-state index contributed by atoms with van der Waals surface area (Å²) in [5, 5.41) is 0. The van der Waals surface area contributed by atoms with Gasteiger partial charge in [0.2, 0.25) is 0 Å². The van der Waals surface area contributed by atoms with Gasteiger partial charge in [0, 0.05) is 13.0 Å². The Morgan fingerprint density at radius 3 is 3.26 bits per heavy atom. The molecule has 1 atom stereocenters. The zero-order valence-corrected chi connectivity index (χ0v) is 10.4. The number of hydroxylamine groups is 1. The van der Waals surface area contributed by atoms with Crippen molar-refractivity contribution in [1.82, 2.24) is 15.0 Å². The highest BCUT2D eigenvalue weighted by Gasteiger charge is 2.17. The lowest BCUT2D eigenvalue weighted by molar-refractivity contribution is -0.138. The summed E-state index contributed by atoms with van der Waals surface area (Å²) >= 11 is 0. The van der Waals surface area contributed by atoms with Crippen LogP contribution in [0.15, 0.2) is 30.6 Å². The van der Waals surface area contributed by atoms with Crippen molar-refractivity contribution >= 4 is 16.9 Å². The van der Waals surface area contributed by atoms with E-state index in [-0.39, 0.29) is 18.6 Å². The summed E-state index contributed by atoms with van der Waals surface area (Å²) < 4.78 is 6.95. The van der Waals surface area contributed by atoms with Gasteiger partial charge in [0.15, 0.2) is 0 Å². The van der Waals surface area contributed by atoms with Gasteiger partial charge in [-0.05, 0) is 12.1 Å². The van der Waals surface area contributed by atoms with Crippen LogP contribution >= 0.6 is 0 Å². The molecule has 1 amide bonds. The van der Waals surface area contributed by atoms with Gasteiger partial charge in [-0.2, -0.15) is 0 Å². The number of aromatic nitrogens is 2. The first-order valence-electron chi connectivity index (χ1n) is 6.25. The largest absolute Gasteiger partial charge is 0.379 e. The number of hydrogen-bond acceptors (Lipinski definition) is 4. The topological polar surface area (TPSA) is 65.4 Å². The second kappa shape index (κ2) is 5.38. The Bertz CT molecular complexity index is 575. The van der Waals surface area contributed by atoms with Crippen LogP contribution in [0, 0.1) is 0 Å². The Morgan fingerprint density at radius 1 is 1.53 bits per heavy atom. The van der Waals surface area contributed by atoms with Crippen molar-refractivity contribution < 1.29 is 14.4 Å². The molecule has 1 unspecified atom stereocenters. The molecule has 1 aromatic carbocycles. The van der Waals surface area contributed by atoms with Gasteiger partial charge in [-0.25, -0.2) is 10.5 Å². The van der Waals surface area contributed by atoms with Crippen LogP contribution in [0.25, 0.3) is 11.0 Å². The SMILES string of the molecule is O=C(Cn1cnc2ccccc21)NOC1CCOC1. The third-order valence-electron chi connectivity index (χ3n) is 3.07. The molecule has 2 heterocycles. The maximum atomic E-state index is 11.8. The molecular formula is C13H15N3O3. The zero-order valence-electron chi connectivity index (χ0n) is 10.4. The molecule has 0 saturated carbocycles. The summed E-state index contributed by atoms with van der Waals surface area (Å²) in [7, 11) is 0. The third-order valence-corrected chi connectivity index (χ3v) is 3.07. The summed E-state index contributed by atoms with van der Waals surface area (Å²) in [6.45, 7) is 1.41. The van der Waals surface area contributed by atoms with Crippen molar-refractivity contribution in [3.05, 3.63) is 30.6 Å². The molecule has 1 aliphatic heterocycles. The predicted molar refractivity (Wildman–Crippen MR) is 68.2 cm³/mol. The number of nitrogens with zero attached hydrogens (tertiary/aromatic N) is 2. The Labute approximate surface area is 110 Å². The molecule has 1 N–H and O–H groups in total. The van der Waals surface area contributed by atoms with Crippen LogP contribution in [-0.4, -0.2) is 34.8 Å². The molecule has 2 aromatic rings. The van der Waals surface area contributed by atoms with E-state index in [1.807, 2.05) is 24.3 Å². The summed E-state index contributed by atoms with van der Waals surface area (Å²) in [6.07, 6.45) is 2.43. The number of nitrogens with one attached hydrogen (secondary N) is 1. The highest BCUT2D eigenvalue weighted by Crippen LogP contribution is 2.11. The molecule has 1 aliphatic rings. The number of fused-ring (bicyclic) bond motifs is 1. The summed E-state index contributed by atoms with van der Waals surface area (Å²) in [5.74, 6) is -0.199. The second-order valence-electron chi connectivity index (χ2n) is 4.49. The molecule has 6 heteroatoms. The number of para-hydroxylation sites is 2. The lowest BCUT2D eigenvalue weighted by Gasteiger charge is -2.10. The van der Waals surface area contributed by atoms with Gasteiger partial charge < -0.3 is 9.30 Å². The van der Waals surface area contributed by atoms with Gasteiger partial charge in [0.05, 0.1) is 24.0 Å². The fourth-order valence-corrected chi connectivity index (χ4v) is 2.08. The van der Waals surface area contributed by atoms with Gasteiger partial charge in [-0.15, -0.1) is 0 Å². The van der Waals surface area contributed by atoms with Crippen molar-refractivity contribution in [3.8, 4) is 0 Å². The van der Waals surface area contributed by atoms with Gasteiger partial charge >= 0.3 is 0 Å². The standard InChI is InChI=1S/C13H15N3O3/c17-13(15-19-10-5-6-18-8-10)7-16-9-14-11-3-1-2-4-12(11)16/h1-4,9-10H,5-8H2,(H,15,17). The number of ether oxygens (including phenoxy) is 1. The van der Waals surface area contributed by atoms with Crippen molar-refractivity contribution in [2.45, 2.75) is 19.1 Å². The minimum atomic E-state index is -0.199. The minimum Gasteiger partial charge on any atom is -0.379 e. The van der Waals surface area contributed by atoms with Crippen molar-refractivity contribution in [3.63, 3.8) is 0 Å². The van der Waals surface area contributed by atoms with Crippen LogP contribution in [0.2, 0.25) is 0 Å². The van der Waals surface area contributed by atoms with Crippen molar-refractivity contribution in [2.24, 2.45) is 0 Å². The van der Waals surface area contributed by atoms with E-state index in [9.17, 15) is 4.79 Å². The van der Waals surface area contributed by atoms with Gasteiger partial charge in [0.25, 0.3) is 5.91 Å². The molecule has 1 saturated heterocycles. The summed E-state index contributed by atoms with van der Waals surface area (Å²) in [6, 6.07) is 7.69. The lowest BCUT2D eigenvalue weighted by Crippen LogP contribution is -2.32. The Morgan fingerprint density at radius 2 is 2.42 bits per heavy atom. The first kappa shape index (κ1) is 12.1. The van der Waals surface area contributed by atoms with Crippen LogP contribution in [0.5, 0.6) is 0 Å². The van der Waals surface area contributed by atoms with Gasteiger partial charge in [-0.1, -0.05) is 12.1 Å². The maximum Gasteiger partial charge on any atom is 0.263 e. The van der Waals surface area contributed by atoms with Crippen molar-refractivity contribution in [1.29, 1.82) is 0 Å². The maximum absolute atomic E-state index is 11.8. The molecule has 19 heavy (non-hydrogen) atoms. The number of amides is 1. The molecule has 1 aromatic heterocycles. The van der Waals surface area contributed by atoms with Crippen molar-refractivity contribution in [2.75, 3.05) is 13.2 Å². The Hall–Kier alpha value is -1.92. The second-order valence-corrected chi connectivity index (χ2v) is 4.49. The number of carbonyl (C=O) groups is 1. The quantitative estimate of drug-likeness (QED) is 0.829. The average Bonchev–Trinajstić information content (AvgIpc) is 3.07. The van der Waals surface area contributed by atoms with Gasteiger partial charge in [-0.3, -0.25) is 9.63 Å². The number of carbonyl (C=O) groups excluding carboxylic acids is 1. The number of hydrogen-bond donors (Lipinski definition) is 1. The molecular weight excluding hydrogens is 246 g/mol. The lowest BCUT2D eigenvalue weighted by atomic mass is 10.3. The molecule has 0 bridgehead atoms. The first-order valence-corrected chi connectivity index (χ1v) is 6.25. The highest BCUT2D eigenvalue weighted by atomic mass is 16.7. The summed E-state index contributed by atoms with van der Waals surface area (Å²) in [4.78, 5) is 21.3. The Kier molecular flexibility index (Phi) is 3.43. The normalized spacial score (nSPS) is 18.8. The molecule has 0 aliphatic carbocycles. The van der Waals surface area contributed by atoms with E-state index in [0.717, 1.165) is 17.5 Å². The van der Waals surface area contributed by atoms with Crippen LogP contribution in [-0.2, 0) is 20.9 Å². The smallest absolute Gasteiger partial charge is 0.263 e. The van der Waals surface area contributed by atoms with E-state index in [0.29, 0.717) is 13.2 Å². The van der Waals surface area contributed by atoms with Crippen LogP contribution < -0.4 is 5.48 Å². The highest BCUT2D eigenvalue weighted by molar-refractivity contribution is 5.79. The molecule has 0 spiro atoms. The minimum absolute atomic E-state index is 0.0384. The monoisotopic (exact) mass is 261 g/mol. The first-order chi connectivity index (χ1) is 9.33. The number of rotatable bonds is 4. The van der Waals surface area contributed by atoms with E-state index in [4.69, 9.17) is 9.57 Å². The molecule has 3 rings (SSSR count). The number of imidazole rings is 1.